The van der Waals surface area contributed by atoms with Crippen molar-refractivity contribution in [3.63, 3.8) is 0 Å². The molecule has 0 amide bonds. The Balaban J connectivity index is 1.95. The van der Waals surface area contributed by atoms with Gasteiger partial charge in [0.25, 0.3) is 5.56 Å². The van der Waals surface area contributed by atoms with Crippen LogP contribution in [-0.2, 0) is 0 Å². The van der Waals surface area contributed by atoms with Crippen LogP contribution >= 0.6 is 0 Å². The predicted molar refractivity (Wildman–Crippen MR) is 85.3 cm³/mol. The van der Waals surface area contributed by atoms with Gasteiger partial charge in [-0.2, -0.15) is 4.98 Å². The first kappa shape index (κ1) is 12.6. The van der Waals surface area contributed by atoms with E-state index in [0.29, 0.717) is 17.0 Å². The normalized spacial score (nSPS) is 14.9. The average Bonchev–Trinajstić information content (AvgIpc) is 3.07. The van der Waals surface area contributed by atoms with Crippen LogP contribution in [0.25, 0.3) is 17.3 Å². The zero-order chi connectivity index (χ0) is 15.3. The maximum atomic E-state index is 12.2. The first-order chi connectivity index (χ1) is 10.6. The Kier molecular flexibility index (Phi) is 2.53. The number of nitrogen functional groups attached to an aromatic ring is 1. The third-order valence-electron chi connectivity index (χ3n) is 3.57. The Morgan fingerprint density at radius 1 is 1.32 bits per heavy atom. The van der Waals surface area contributed by atoms with Gasteiger partial charge in [-0.3, -0.25) is 9.79 Å². The summed E-state index contributed by atoms with van der Waals surface area (Å²) in [6.07, 6.45) is 3.41. The number of allylic oxidation sites excluding steroid dienone is 1. The molecule has 3 aromatic rings. The largest absolute Gasteiger partial charge is 0.382 e. The van der Waals surface area contributed by atoms with Gasteiger partial charge in [-0.05, 0) is 19.1 Å². The number of aromatic nitrogens is 2. The molecule has 0 saturated carbocycles. The van der Waals surface area contributed by atoms with Crippen LogP contribution in [0.2, 0.25) is 0 Å². The number of para-hydroxylation sites is 1. The average molecular weight is 292 g/mol. The van der Waals surface area contributed by atoms with Gasteiger partial charge in [-0.15, -0.1) is 4.57 Å². The lowest BCUT2D eigenvalue weighted by Crippen LogP contribution is -2.16. The fourth-order valence-corrected chi connectivity index (χ4v) is 2.54. The van der Waals surface area contributed by atoms with E-state index < -0.39 is 0 Å². The maximum absolute atomic E-state index is 12.2. The van der Waals surface area contributed by atoms with Crippen molar-refractivity contribution < 1.29 is 4.52 Å². The second-order valence-corrected chi connectivity index (χ2v) is 5.09. The summed E-state index contributed by atoms with van der Waals surface area (Å²) < 4.78 is 6.82. The lowest BCUT2D eigenvalue weighted by molar-refractivity contribution is 0.358. The fourth-order valence-electron chi connectivity index (χ4n) is 2.54. The van der Waals surface area contributed by atoms with Gasteiger partial charge in [0.15, 0.2) is 11.5 Å². The number of hydrogen-bond donors (Lipinski definition) is 1. The number of rotatable bonds is 1. The minimum atomic E-state index is -0.386. The first-order valence-electron chi connectivity index (χ1n) is 6.78. The van der Waals surface area contributed by atoms with E-state index in [-0.39, 0.29) is 11.4 Å². The molecule has 1 aliphatic rings. The number of fused-ring (bicyclic) bond motifs is 2. The zero-order valence-corrected chi connectivity index (χ0v) is 11.8. The van der Waals surface area contributed by atoms with Crippen LogP contribution in [0.5, 0.6) is 0 Å². The van der Waals surface area contributed by atoms with Crippen molar-refractivity contribution in [3.8, 4) is 0 Å². The lowest BCUT2D eigenvalue weighted by Gasteiger charge is -2.03. The molecule has 2 aromatic heterocycles. The van der Waals surface area contributed by atoms with Gasteiger partial charge in [0.05, 0.1) is 11.3 Å². The van der Waals surface area contributed by atoms with Crippen molar-refractivity contribution in [2.24, 2.45) is 4.99 Å². The van der Waals surface area contributed by atoms with E-state index in [1.807, 2.05) is 24.3 Å². The van der Waals surface area contributed by atoms with E-state index in [1.165, 1.54) is 4.57 Å². The Hall–Kier alpha value is -3.15. The van der Waals surface area contributed by atoms with Crippen LogP contribution in [0.3, 0.4) is 0 Å². The second-order valence-electron chi connectivity index (χ2n) is 5.09. The summed E-state index contributed by atoms with van der Waals surface area (Å²) in [6, 6.07) is 9.38. The Labute approximate surface area is 125 Å². The molecule has 0 atom stereocenters. The predicted octanol–water partition coefficient (Wildman–Crippen LogP) is 2.43. The maximum Gasteiger partial charge on any atom is 0.282 e. The standard InChI is InChI=1S/C16H12N4O2/c1-9-6-14-19-16(21)12(15(17)20(14)22-9)7-10-8-18-13-5-3-2-4-11(10)13/h2-8H,17H2,1H3/b10-7-. The Morgan fingerprint density at radius 2 is 2.14 bits per heavy atom. The molecule has 0 spiro atoms. The van der Waals surface area contributed by atoms with Crippen LogP contribution in [0.15, 0.2) is 44.6 Å². The third-order valence-corrected chi connectivity index (χ3v) is 3.57. The van der Waals surface area contributed by atoms with Gasteiger partial charge < -0.3 is 10.3 Å². The molecular weight excluding hydrogens is 280 g/mol. The summed E-state index contributed by atoms with van der Waals surface area (Å²) in [7, 11) is 0. The van der Waals surface area contributed by atoms with Gasteiger partial charge >= 0.3 is 0 Å². The van der Waals surface area contributed by atoms with Crippen LogP contribution in [0, 0.1) is 6.92 Å². The van der Waals surface area contributed by atoms with Crippen LogP contribution in [-0.4, -0.2) is 15.8 Å². The molecule has 3 heterocycles. The number of aryl methyl sites for hydroxylation is 1. The SMILES string of the molecule is Cc1cc2nc(=O)c(/C=C3/C=Nc4ccccc43)c(N)n2o1. The number of anilines is 1. The summed E-state index contributed by atoms with van der Waals surface area (Å²) >= 11 is 0. The molecule has 0 radical (unpaired) electrons. The summed E-state index contributed by atoms with van der Waals surface area (Å²) in [5.41, 5.74) is 9.04. The quantitative estimate of drug-likeness (QED) is 0.746. The van der Waals surface area contributed by atoms with E-state index in [2.05, 4.69) is 9.98 Å². The number of benzene rings is 1. The number of nitrogens with two attached hydrogens (primary N) is 1. The lowest BCUT2D eigenvalue weighted by atomic mass is 10.1. The summed E-state index contributed by atoms with van der Waals surface area (Å²) in [5, 5.41) is 0. The minimum absolute atomic E-state index is 0.230. The van der Waals surface area contributed by atoms with Gasteiger partial charge in [0.2, 0.25) is 0 Å². The Morgan fingerprint density at radius 3 is 3.00 bits per heavy atom. The molecule has 0 bridgehead atoms. The van der Waals surface area contributed by atoms with Crippen molar-refractivity contribution in [3.05, 3.63) is 57.6 Å². The fraction of sp³-hybridized carbons (Fsp3) is 0.0625. The van der Waals surface area contributed by atoms with Crippen molar-refractivity contribution in [1.29, 1.82) is 0 Å². The van der Waals surface area contributed by atoms with Gasteiger partial charge in [-0.1, -0.05) is 18.2 Å². The molecule has 108 valence electrons. The second kappa shape index (κ2) is 4.42. The van der Waals surface area contributed by atoms with E-state index in [9.17, 15) is 4.79 Å². The molecule has 0 unspecified atom stereocenters. The molecule has 0 aliphatic carbocycles. The highest BCUT2D eigenvalue weighted by Gasteiger charge is 2.16. The topological polar surface area (TPSA) is 85.9 Å². The van der Waals surface area contributed by atoms with Crippen LogP contribution < -0.4 is 11.3 Å². The van der Waals surface area contributed by atoms with E-state index in [4.69, 9.17) is 10.3 Å². The van der Waals surface area contributed by atoms with Gasteiger partial charge in [0.1, 0.15) is 5.76 Å². The van der Waals surface area contributed by atoms with Crippen LogP contribution in [0.1, 0.15) is 16.9 Å². The zero-order valence-electron chi connectivity index (χ0n) is 11.8. The minimum Gasteiger partial charge on any atom is -0.382 e. The molecule has 1 aliphatic heterocycles. The summed E-state index contributed by atoms with van der Waals surface area (Å²) in [4.78, 5) is 20.5. The highest BCUT2D eigenvalue weighted by atomic mass is 16.5. The molecule has 0 saturated heterocycles. The van der Waals surface area contributed by atoms with Crippen molar-refractivity contribution in [2.75, 3.05) is 5.73 Å². The third kappa shape index (κ3) is 1.77. The molecule has 4 rings (SSSR count). The Bertz CT molecular complexity index is 1020. The first-order valence-corrected chi connectivity index (χ1v) is 6.78. The molecule has 2 N–H and O–H groups in total. The molecule has 22 heavy (non-hydrogen) atoms. The summed E-state index contributed by atoms with van der Waals surface area (Å²) in [5.74, 6) is 0.865. The number of hydrogen-bond acceptors (Lipinski definition) is 5. The number of aliphatic imine (C=N–C) groups is 1. The molecule has 6 nitrogen and oxygen atoms in total. The summed E-state index contributed by atoms with van der Waals surface area (Å²) in [6.45, 7) is 1.77. The molecule has 6 heteroatoms. The smallest absolute Gasteiger partial charge is 0.282 e. The van der Waals surface area contributed by atoms with Crippen LogP contribution in [0.4, 0.5) is 11.5 Å². The molecule has 0 fully saturated rings. The number of nitrogens with zero attached hydrogens (tertiary/aromatic N) is 3. The van der Waals surface area contributed by atoms with Crippen molar-refractivity contribution >= 4 is 35.0 Å². The highest BCUT2D eigenvalue weighted by Crippen LogP contribution is 2.32. The molecule has 1 aromatic carbocycles. The highest BCUT2D eigenvalue weighted by molar-refractivity contribution is 6.21. The monoisotopic (exact) mass is 292 g/mol. The molecular formula is C16H12N4O2. The van der Waals surface area contributed by atoms with Gasteiger partial charge in [0, 0.05) is 23.4 Å². The van der Waals surface area contributed by atoms with Gasteiger partial charge in [-0.25, -0.2) is 0 Å². The van der Waals surface area contributed by atoms with Crippen molar-refractivity contribution in [2.45, 2.75) is 6.92 Å². The van der Waals surface area contributed by atoms with E-state index in [0.717, 1.165) is 16.8 Å². The van der Waals surface area contributed by atoms with E-state index in [1.54, 1.807) is 25.3 Å². The van der Waals surface area contributed by atoms with E-state index >= 15 is 0 Å². The van der Waals surface area contributed by atoms with Crippen molar-refractivity contribution in [1.82, 2.24) is 9.56 Å².